The largest absolute Gasteiger partial charge is 0.393 e. The molecular formula is C11H17N3S2. The Labute approximate surface area is 106 Å². The van der Waals surface area contributed by atoms with E-state index in [0.717, 1.165) is 25.2 Å². The lowest BCUT2D eigenvalue weighted by molar-refractivity contribution is 0.257. The molecule has 88 valence electrons. The van der Waals surface area contributed by atoms with E-state index in [1.54, 1.807) is 11.3 Å². The van der Waals surface area contributed by atoms with E-state index in [9.17, 15) is 0 Å². The van der Waals surface area contributed by atoms with Gasteiger partial charge in [-0.05, 0) is 25.3 Å². The highest BCUT2D eigenvalue weighted by molar-refractivity contribution is 7.80. The minimum absolute atomic E-state index is 0.372. The summed E-state index contributed by atoms with van der Waals surface area (Å²) in [7, 11) is 2.14. The van der Waals surface area contributed by atoms with E-state index in [1.165, 1.54) is 12.8 Å². The molecule has 0 atom stereocenters. The van der Waals surface area contributed by atoms with Gasteiger partial charge in [0.2, 0.25) is 0 Å². The van der Waals surface area contributed by atoms with Crippen LogP contribution in [0.3, 0.4) is 0 Å². The minimum Gasteiger partial charge on any atom is -0.393 e. The van der Waals surface area contributed by atoms with Crippen molar-refractivity contribution in [2.75, 3.05) is 13.6 Å². The highest BCUT2D eigenvalue weighted by Gasteiger charge is 2.43. The van der Waals surface area contributed by atoms with Crippen molar-refractivity contribution in [1.29, 1.82) is 0 Å². The summed E-state index contributed by atoms with van der Waals surface area (Å²) < 4.78 is 0. The van der Waals surface area contributed by atoms with Gasteiger partial charge in [0.05, 0.1) is 16.2 Å². The average Bonchev–Trinajstić information content (AvgIpc) is 2.74. The van der Waals surface area contributed by atoms with Gasteiger partial charge < -0.3 is 5.73 Å². The number of thiazole rings is 1. The van der Waals surface area contributed by atoms with Gasteiger partial charge in [-0.25, -0.2) is 4.98 Å². The molecule has 3 nitrogen and oxygen atoms in total. The quantitative estimate of drug-likeness (QED) is 0.790. The zero-order valence-electron chi connectivity index (χ0n) is 9.48. The van der Waals surface area contributed by atoms with Gasteiger partial charge in [-0.1, -0.05) is 12.2 Å². The summed E-state index contributed by atoms with van der Waals surface area (Å²) in [6.07, 6.45) is 3.40. The van der Waals surface area contributed by atoms with Crippen LogP contribution in [0.2, 0.25) is 0 Å². The van der Waals surface area contributed by atoms with E-state index in [1.807, 2.05) is 5.51 Å². The fourth-order valence-corrected chi connectivity index (χ4v) is 3.01. The predicted octanol–water partition coefficient (Wildman–Crippen LogP) is 2.03. The summed E-state index contributed by atoms with van der Waals surface area (Å²) in [4.78, 5) is 7.27. The predicted molar refractivity (Wildman–Crippen MR) is 71.5 cm³/mol. The van der Waals surface area contributed by atoms with Crippen molar-refractivity contribution in [3.8, 4) is 0 Å². The van der Waals surface area contributed by atoms with Gasteiger partial charge in [-0.2, -0.15) is 0 Å². The lowest BCUT2D eigenvalue weighted by Crippen LogP contribution is -2.29. The molecule has 1 saturated carbocycles. The van der Waals surface area contributed by atoms with Crippen LogP contribution in [0.25, 0.3) is 0 Å². The molecule has 0 bridgehead atoms. The zero-order valence-corrected chi connectivity index (χ0v) is 11.1. The smallest absolute Gasteiger partial charge is 0.0795 e. The first kappa shape index (κ1) is 12.0. The van der Waals surface area contributed by atoms with E-state index >= 15 is 0 Å². The van der Waals surface area contributed by atoms with Gasteiger partial charge in [0, 0.05) is 24.9 Å². The van der Waals surface area contributed by atoms with Crippen molar-refractivity contribution in [1.82, 2.24) is 9.88 Å². The molecule has 16 heavy (non-hydrogen) atoms. The summed E-state index contributed by atoms with van der Waals surface area (Å²) in [5.41, 5.74) is 9.04. The molecule has 2 rings (SSSR count). The second-order valence-corrected chi connectivity index (χ2v) is 6.04. The monoisotopic (exact) mass is 255 g/mol. The summed E-state index contributed by atoms with van der Waals surface area (Å²) in [6.45, 7) is 1.99. The second kappa shape index (κ2) is 4.77. The first-order chi connectivity index (χ1) is 7.60. The molecule has 1 aliphatic rings. The van der Waals surface area contributed by atoms with E-state index in [0.29, 0.717) is 10.4 Å². The maximum Gasteiger partial charge on any atom is 0.0795 e. The summed E-state index contributed by atoms with van der Waals surface area (Å²) in [5, 5.41) is 2.10. The van der Waals surface area contributed by atoms with Crippen LogP contribution in [0, 0.1) is 5.41 Å². The Bertz CT molecular complexity index is 357. The highest BCUT2D eigenvalue weighted by Crippen LogP contribution is 2.49. The topological polar surface area (TPSA) is 42.2 Å². The molecule has 1 heterocycles. The van der Waals surface area contributed by atoms with E-state index < -0.39 is 0 Å². The summed E-state index contributed by atoms with van der Waals surface area (Å²) in [6, 6.07) is 0. The molecule has 0 unspecified atom stereocenters. The number of nitrogens with two attached hydrogens (primary N) is 1. The fraction of sp³-hybridized carbons (Fsp3) is 0.636. The molecule has 1 fully saturated rings. The Balaban J connectivity index is 1.83. The molecule has 0 aliphatic heterocycles. The van der Waals surface area contributed by atoms with Crippen molar-refractivity contribution >= 4 is 28.5 Å². The molecule has 0 amide bonds. The number of hydrogen-bond donors (Lipinski definition) is 1. The average molecular weight is 255 g/mol. The van der Waals surface area contributed by atoms with Gasteiger partial charge in [0.15, 0.2) is 0 Å². The normalized spacial score (nSPS) is 17.6. The molecule has 1 aliphatic carbocycles. The van der Waals surface area contributed by atoms with Crippen molar-refractivity contribution in [2.24, 2.45) is 11.1 Å². The molecule has 0 aromatic carbocycles. The lowest BCUT2D eigenvalue weighted by atomic mass is 10.0. The van der Waals surface area contributed by atoms with Crippen LogP contribution in [-0.2, 0) is 6.54 Å². The molecule has 2 N–H and O–H groups in total. The van der Waals surface area contributed by atoms with Crippen LogP contribution in [0.4, 0.5) is 0 Å². The summed E-state index contributed by atoms with van der Waals surface area (Å²) in [5.74, 6) is 0. The molecule has 0 saturated heterocycles. The Kier molecular flexibility index (Phi) is 3.56. The van der Waals surface area contributed by atoms with Crippen LogP contribution < -0.4 is 5.73 Å². The Hall–Kier alpha value is -0.520. The van der Waals surface area contributed by atoms with Gasteiger partial charge in [-0.15, -0.1) is 11.3 Å². The number of hydrogen-bond acceptors (Lipinski definition) is 4. The van der Waals surface area contributed by atoms with E-state index in [-0.39, 0.29) is 0 Å². The Morgan fingerprint density at radius 3 is 2.94 bits per heavy atom. The highest BCUT2D eigenvalue weighted by atomic mass is 32.1. The third-order valence-electron chi connectivity index (χ3n) is 3.03. The molecule has 5 heteroatoms. The van der Waals surface area contributed by atoms with Gasteiger partial charge >= 0.3 is 0 Å². The van der Waals surface area contributed by atoms with Crippen LogP contribution in [0.5, 0.6) is 0 Å². The molecule has 1 aromatic rings. The maximum atomic E-state index is 5.63. The van der Waals surface area contributed by atoms with Crippen molar-refractivity contribution in [3.05, 3.63) is 16.6 Å². The fourth-order valence-electron chi connectivity index (χ4n) is 2.16. The third kappa shape index (κ3) is 3.23. The molecule has 0 radical (unpaired) electrons. The van der Waals surface area contributed by atoms with Crippen LogP contribution in [-0.4, -0.2) is 28.5 Å². The third-order valence-corrected chi connectivity index (χ3v) is 3.81. The minimum atomic E-state index is 0.372. The Morgan fingerprint density at radius 2 is 2.44 bits per heavy atom. The van der Waals surface area contributed by atoms with E-state index in [2.05, 4.69) is 22.3 Å². The zero-order chi connectivity index (χ0) is 11.6. The second-order valence-electron chi connectivity index (χ2n) is 4.80. The van der Waals surface area contributed by atoms with Crippen LogP contribution in [0.15, 0.2) is 10.9 Å². The van der Waals surface area contributed by atoms with Gasteiger partial charge in [0.1, 0.15) is 0 Å². The molecule has 0 spiro atoms. The lowest BCUT2D eigenvalue weighted by Gasteiger charge is -2.22. The van der Waals surface area contributed by atoms with Crippen LogP contribution >= 0.6 is 23.6 Å². The number of nitrogens with zero attached hydrogens (tertiary/aromatic N) is 2. The van der Waals surface area contributed by atoms with Crippen LogP contribution in [0.1, 0.15) is 25.0 Å². The van der Waals surface area contributed by atoms with Gasteiger partial charge in [-0.3, -0.25) is 4.90 Å². The Morgan fingerprint density at radius 1 is 1.69 bits per heavy atom. The first-order valence-corrected chi connectivity index (χ1v) is 6.79. The first-order valence-electron chi connectivity index (χ1n) is 5.44. The standard InChI is InChI=1S/C11H17N3S2/c1-14(5-9-6-16-8-13-9)7-11(2-3-11)4-10(12)15/h6,8H,2-5,7H2,1H3,(H2,12,15). The SMILES string of the molecule is CN(Cc1cscn1)CC1(CC(N)=S)CC1. The van der Waals surface area contributed by atoms with E-state index in [4.69, 9.17) is 18.0 Å². The number of rotatable bonds is 6. The van der Waals surface area contributed by atoms with Crippen molar-refractivity contribution < 1.29 is 0 Å². The van der Waals surface area contributed by atoms with Crippen molar-refractivity contribution in [2.45, 2.75) is 25.8 Å². The van der Waals surface area contributed by atoms with Crippen molar-refractivity contribution in [3.63, 3.8) is 0 Å². The molecule has 1 aromatic heterocycles. The number of aromatic nitrogens is 1. The maximum absolute atomic E-state index is 5.63. The van der Waals surface area contributed by atoms with Gasteiger partial charge in [0.25, 0.3) is 0 Å². The number of thiocarbonyl (C=S) groups is 1. The summed E-state index contributed by atoms with van der Waals surface area (Å²) >= 11 is 6.65. The molecular weight excluding hydrogens is 238 g/mol.